The van der Waals surface area contributed by atoms with Crippen molar-refractivity contribution >= 4 is 36.4 Å². The van der Waals surface area contributed by atoms with Gasteiger partial charge in [-0.05, 0) is 37.5 Å². The molecule has 1 heterocycles. The van der Waals surface area contributed by atoms with Gasteiger partial charge in [0, 0.05) is 11.2 Å². The van der Waals surface area contributed by atoms with Gasteiger partial charge in [0.1, 0.15) is 12.7 Å². The number of hydrogen-bond donors (Lipinski definition) is 2. The topological polar surface area (TPSA) is 85.8 Å². The number of nitrogens with zero attached hydrogens (tertiary/aromatic N) is 3. The van der Waals surface area contributed by atoms with Crippen molar-refractivity contribution in [1.29, 1.82) is 0 Å². The zero-order chi connectivity index (χ0) is 16.3. The first-order valence-corrected chi connectivity index (χ1v) is 8.06. The SMILES string of the molecule is CC1(N)CCCCC1C(=O)Nc1ccc(Cn2cncn2)cc1.Cl.Cl. The molecule has 1 fully saturated rings. The summed E-state index contributed by atoms with van der Waals surface area (Å²) < 4.78 is 1.76. The number of aromatic nitrogens is 3. The molecule has 2 atom stereocenters. The molecule has 1 aromatic heterocycles. The summed E-state index contributed by atoms with van der Waals surface area (Å²) >= 11 is 0. The minimum atomic E-state index is -0.407. The maximum absolute atomic E-state index is 12.5. The maximum Gasteiger partial charge on any atom is 0.229 e. The molecule has 1 aromatic carbocycles. The Morgan fingerprint density at radius 2 is 2.04 bits per heavy atom. The number of benzene rings is 1. The van der Waals surface area contributed by atoms with Crippen LogP contribution in [0.25, 0.3) is 0 Å². The third kappa shape index (κ3) is 5.42. The smallest absolute Gasteiger partial charge is 0.229 e. The largest absolute Gasteiger partial charge is 0.326 e. The lowest BCUT2D eigenvalue weighted by Gasteiger charge is -2.37. The average molecular weight is 386 g/mol. The molecule has 0 saturated heterocycles. The standard InChI is InChI=1S/C17H23N5O.2ClH/c1-17(18)9-3-2-4-15(17)16(23)21-14-7-5-13(6-8-14)10-22-12-19-11-20-22;;/h5-8,11-12,15H,2-4,9-10,18H2,1H3,(H,21,23);2*1H. The quantitative estimate of drug-likeness (QED) is 0.846. The van der Waals surface area contributed by atoms with Crippen LogP contribution >= 0.6 is 24.8 Å². The van der Waals surface area contributed by atoms with Crippen LogP contribution in [-0.2, 0) is 11.3 Å². The molecule has 8 heteroatoms. The lowest BCUT2D eigenvalue weighted by Crippen LogP contribution is -2.51. The van der Waals surface area contributed by atoms with Crippen LogP contribution in [0, 0.1) is 5.92 Å². The molecule has 0 aliphatic heterocycles. The van der Waals surface area contributed by atoms with Gasteiger partial charge in [0.05, 0.1) is 12.5 Å². The van der Waals surface area contributed by atoms with E-state index in [2.05, 4.69) is 15.4 Å². The summed E-state index contributed by atoms with van der Waals surface area (Å²) in [7, 11) is 0. The number of amides is 1. The molecule has 1 amide bonds. The van der Waals surface area contributed by atoms with Gasteiger partial charge in [-0.15, -0.1) is 24.8 Å². The van der Waals surface area contributed by atoms with Gasteiger partial charge in [-0.2, -0.15) is 5.10 Å². The zero-order valence-corrected chi connectivity index (χ0v) is 15.9. The van der Waals surface area contributed by atoms with E-state index < -0.39 is 5.54 Å². The molecular weight excluding hydrogens is 361 g/mol. The second-order valence-electron chi connectivity index (χ2n) is 6.58. The van der Waals surface area contributed by atoms with E-state index in [9.17, 15) is 4.79 Å². The third-order valence-corrected chi connectivity index (χ3v) is 4.60. The molecule has 1 aliphatic carbocycles. The summed E-state index contributed by atoms with van der Waals surface area (Å²) in [5.41, 5.74) is 7.80. The zero-order valence-electron chi connectivity index (χ0n) is 14.2. The molecule has 138 valence electrons. The lowest BCUT2D eigenvalue weighted by molar-refractivity contribution is -0.122. The van der Waals surface area contributed by atoms with E-state index in [1.165, 1.54) is 6.33 Å². The second-order valence-corrected chi connectivity index (χ2v) is 6.58. The van der Waals surface area contributed by atoms with Crippen LogP contribution < -0.4 is 11.1 Å². The van der Waals surface area contributed by atoms with Gasteiger partial charge < -0.3 is 11.1 Å². The van der Waals surface area contributed by atoms with Crippen LogP contribution in [-0.4, -0.2) is 26.2 Å². The van der Waals surface area contributed by atoms with Crippen molar-refractivity contribution in [3.05, 3.63) is 42.5 Å². The molecule has 0 spiro atoms. The Morgan fingerprint density at radius 3 is 2.64 bits per heavy atom. The highest BCUT2D eigenvalue weighted by Crippen LogP contribution is 2.32. The van der Waals surface area contributed by atoms with E-state index in [0.717, 1.165) is 36.9 Å². The highest BCUT2D eigenvalue weighted by Gasteiger charge is 2.37. The molecule has 2 aromatic rings. The first kappa shape index (κ1) is 21.4. The predicted octanol–water partition coefficient (Wildman–Crippen LogP) is 3.02. The first-order chi connectivity index (χ1) is 11.0. The van der Waals surface area contributed by atoms with Crippen molar-refractivity contribution < 1.29 is 4.79 Å². The van der Waals surface area contributed by atoms with E-state index >= 15 is 0 Å². The minimum absolute atomic E-state index is 0. The summed E-state index contributed by atoms with van der Waals surface area (Å²) in [5, 5.41) is 7.08. The number of halogens is 2. The van der Waals surface area contributed by atoms with E-state index in [4.69, 9.17) is 5.73 Å². The van der Waals surface area contributed by atoms with Crippen LogP contribution in [0.4, 0.5) is 5.69 Å². The Kier molecular flexibility index (Phi) is 7.86. The first-order valence-electron chi connectivity index (χ1n) is 8.06. The highest BCUT2D eigenvalue weighted by atomic mass is 35.5. The third-order valence-electron chi connectivity index (χ3n) is 4.60. The van der Waals surface area contributed by atoms with Crippen LogP contribution in [0.3, 0.4) is 0 Å². The highest BCUT2D eigenvalue weighted by molar-refractivity contribution is 5.93. The Hall–Kier alpha value is -1.63. The van der Waals surface area contributed by atoms with Crippen molar-refractivity contribution in [3.63, 3.8) is 0 Å². The number of carbonyl (C=O) groups is 1. The summed E-state index contributed by atoms with van der Waals surface area (Å²) in [5.74, 6) is -0.0928. The van der Waals surface area contributed by atoms with Gasteiger partial charge in [0.2, 0.25) is 5.91 Å². The number of hydrogen-bond acceptors (Lipinski definition) is 4. The van der Waals surface area contributed by atoms with E-state index in [1.807, 2.05) is 31.2 Å². The fourth-order valence-electron chi connectivity index (χ4n) is 3.21. The Balaban J connectivity index is 0.00000156. The van der Waals surface area contributed by atoms with Crippen LogP contribution in [0.5, 0.6) is 0 Å². The molecular formula is C17H25Cl2N5O. The summed E-state index contributed by atoms with van der Waals surface area (Å²) in [6.07, 6.45) is 7.14. The van der Waals surface area contributed by atoms with Gasteiger partial charge in [-0.3, -0.25) is 4.79 Å². The minimum Gasteiger partial charge on any atom is -0.326 e. The second kappa shape index (κ2) is 9.17. The Bertz CT molecular complexity index is 658. The van der Waals surface area contributed by atoms with E-state index in [-0.39, 0.29) is 36.6 Å². The van der Waals surface area contributed by atoms with E-state index in [0.29, 0.717) is 6.54 Å². The molecule has 1 saturated carbocycles. The van der Waals surface area contributed by atoms with Crippen LogP contribution in [0.15, 0.2) is 36.9 Å². The fourth-order valence-corrected chi connectivity index (χ4v) is 3.21. The van der Waals surface area contributed by atoms with Crippen molar-refractivity contribution in [2.45, 2.75) is 44.7 Å². The number of nitrogens with two attached hydrogens (primary N) is 1. The Labute approximate surface area is 160 Å². The molecule has 3 rings (SSSR count). The maximum atomic E-state index is 12.5. The van der Waals surface area contributed by atoms with Gasteiger partial charge in [0.15, 0.2) is 0 Å². The summed E-state index contributed by atoms with van der Waals surface area (Å²) in [6.45, 7) is 2.65. The van der Waals surface area contributed by atoms with Gasteiger partial charge in [-0.25, -0.2) is 9.67 Å². The number of carbonyl (C=O) groups excluding carboxylic acids is 1. The van der Waals surface area contributed by atoms with Crippen molar-refractivity contribution in [2.24, 2.45) is 11.7 Å². The van der Waals surface area contributed by atoms with Crippen LogP contribution in [0.2, 0.25) is 0 Å². The summed E-state index contributed by atoms with van der Waals surface area (Å²) in [4.78, 5) is 16.4. The molecule has 25 heavy (non-hydrogen) atoms. The molecule has 3 N–H and O–H groups in total. The molecule has 0 bridgehead atoms. The number of nitrogens with one attached hydrogen (secondary N) is 1. The lowest BCUT2D eigenvalue weighted by atomic mass is 9.74. The molecule has 1 aliphatic rings. The predicted molar refractivity (Wildman–Crippen MR) is 103 cm³/mol. The summed E-state index contributed by atoms with van der Waals surface area (Å²) in [6, 6.07) is 7.81. The molecule has 2 unspecified atom stereocenters. The number of rotatable bonds is 4. The van der Waals surface area contributed by atoms with Crippen molar-refractivity contribution in [2.75, 3.05) is 5.32 Å². The van der Waals surface area contributed by atoms with Crippen molar-refractivity contribution in [1.82, 2.24) is 14.8 Å². The Morgan fingerprint density at radius 1 is 1.32 bits per heavy atom. The van der Waals surface area contributed by atoms with Gasteiger partial charge in [0.25, 0.3) is 0 Å². The van der Waals surface area contributed by atoms with Gasteiger partial charge in [-0.1, -0.05) is 25.0 Å². The fraction of sp³-hybridized carbons (Fsp3) is 0.471. The molecule has 6 nitrogen and oxygen atoms in total. The normalized spacial score (nSPS) is 22.4. The average Bonchev–Trinajstić information content (AvgIpc) is 3.01. The van der Waals surface area contributed by atoms with Gasteiger partial charge >= 0.3 is 0 Å². The number of anilines is 1. The van der Waals surface area contributed by atoms with E-state index in [1.54, 1.807) is 11.0 Å². The van der Waals surface area contributed by atoms with Crippen LogP contribution in [0.1, 0.15) is 38.2 Å². The monoisotopic (exact) mass is 385 g/mol. The van der Waals surface area contributed by atoms with Crippen molar-refractivity contribution in [3.8, 4) is 0 Å². The molecule has 0 radical (unpaired) electrons.